The molecule has 0 fully saturated rings. The first-order chi connectivity index (χ1) is 28.9. The first kappa shape index (κ1) is 57.4. The summed E-state index contributed by atoms with van der Waals surface area (Å²) in [5, 5.41) is 0. The Morgan fingerprint density at radius 1 is 0.567 bits per heavy atom. The molecule has 0 radical (unpaired) electrons. The third kappa shape index (κ3) is 43.5. The number of hydrogen-bond donors (Lipinski definition) is 1. The quantitative estimate of drug-likeness (QED) is 0.0121. The molecular weight excluding hydrogens is 778 g/mol. The molecule has 0 aliphatic heterocycles. The van der Waals surface area contributed by atoms with Crippen molar-refractivity contribution in [2.45, 2.75) is 187 Å². The molecule has 346 valence electrons. The van der Waals surface area contributed by atoms with Gasteiger partial charge in [0.2, 0.25) is 0 Å². The summed E-state index contributed by atoms with van der Waals surface area (Å²) in [5.41, 5.74) is 0. The van der Waals surface area contributed by atoms with Crippen molar-refractivity contribution < 1.29 is 46.8 Å². The third-order valence-electron chi connectivity index (χ3n) is 9.75. The minimum Gasteiger partial charge on any atom is -0.462 e. The van der Waals surface area contributed by atoms with Gasteiger partial charge in [0.15, 0.2) is 11.9 Å². The molecule has 0 spiro atoms. The number of phosphoric ester groups is 1. The maximum Gasteiger partial charge on any atom is 0.472 e. The van der Waals surface area contributed by atoms with Crippen LogP contribution in [0.1, 0.15) is 181 Å². The average Bonchev–Trinajstić information content (AvgIpc) is 3.19. The second-order valence-corrected chi connectivity index (χ2v) is 18.3. The van der Waals surface area contributed by atoms with Crippen LogP contribution in [0.3, 0.4) is 0 Å². The lowest BCUT2D eigenvalue weighted by molar-refractivity contribution is -0.870. The molecule has 1 unspecified atom stereocenters. The van der Waals surface area contributed by atoms with Crippen molar-refractivity contribution in [2.24, 2.45) is 0 Å². The number of carbonyl (C=O) groups excluding carboxylic acids is 3. The standard InChI is InChI=1S/C49H86NO9P/c1-6-8-10-11-12-13-14-15-16-17-18-19-20-21-22-23-26-30-33-37-41-49(53)59-47(45-58-60(54,55)57-43-42-50(3,4)5)44-56-48(52)40-36-32-29-27-24-25-28-31-35-39-46(51)38-34-9-7-2/h13-14,16-17,19-20,28,31,35,39,47H,6-12,15,18,21-27,29-30,32-34,36-38,40-45H2,1-5H3/p+1/b14-13-,17-16-,20-19-,31-28-,39-35+/t47-/m1/s1. The lowest BCUT2D eigenvalue weighted by atomic mass is 10.1. The van der Waals surface area contributed by atoms with Crippen LogP contribution in [0.5, 0.6) is 0 Å². The minimum atomic E-state index is -4.40. The molecule has 0 bridgehead atoms. The lowest BCUT2D eigenvalue weighted by Crippen LogP contribution is -2.37. The molecule has 10 nitrogen and oxygen atoms in total. The van der Waals surface area contributed by atoms with Gasteiger partial charge < -0.3 is 18.9 Å². The lowest BCUT2D eigenvalue weighted by Gasteiger charge is -2.24. The van der Waals surface area contributed by atoms with Crippen LogP contribution in [0.15, 0.2) is 60.8 Å². The Bertz CT molecular complexity index is 1270. The van der Waals surface area contributed by atoms with E-state index in [0.717, 1.165) is 103 Å². The van der Waals surface area contributed by atoms with Crippen molar-refractivity contribution in [3.63, 3.8) is 0 Å². The first-order valence-electron chi connectivity index (χ1n) is 23.5. The first-order valence-corrected chi connectivity index (χ1v) is 25.0. The van der Waals surface area contributed by atoms with Gasteiger partial charge in [0.25, 0.3) is 0 Å². The summed E-state index contributed by atoms with van der Waals surface area (Å²) in [7, 11) is 1.41. The molecule has 2 atom stereocenters. The highest BCUT2D eigenvalue weighted by Crippen LogP contribution is 2.43. The van der Waals surface area contributed by atoms with Crippen LogP contribution in [-0.4, -0.2) is 80.7 Å². The number of rotatable bonds is 42. The van der Waals surface area contributed by atoms with Gasteiger partial charge in [-0.15, -0.1) is 0 Å². The van der Waals surface area contributed by atoms with Crippen LogP contribution in [0.2, 0.25) is 0 Å². The second-order valence-electron chi connectivity index (χ2n) is 16.8. The van der Waals surface area contributed by atoms with Crippen LogP contribution in [0, 0.1) is 0 Å². The van der Waals surface area contributed by atoms with Crippen LogP contribution in [0.25, 0.3) is 0 Å². The van der Waals surface area contributed by atoms with E-state index in [-0.39, 0.29) is 31.8 Å². The summed E-state index contributed by atoms with van der Waals surface area (Å²) in [5.74, 6) is -0.699. The number of ketones is 1. The second kappa shape index (κ2) is 40.5. The van der Waals surface area contributed by atoms with Gasteiger partial charge in [-0.3, -0.25) is 23.4 Å². The number of allylic oxidation sites excluding steroid dienone is 10. The number of esters is 2. The molecule has 0 aromatic rings. The fourth-order valence-corrected chi connectivity index (χ4v) is 6.74. The van der Waals surface area contributed by atoms with Crippen molar-refractivity contribution in [1.82, 2.24) is 0 Å². The molecule has 60 heavy (non-hydrogen) atoms. The van der Waals surface area contributed by atoms with E-state index in [2.05, 4.69) is 56.4 Å². The van der Waals surface area contributed by atoms with Gasteiger partial charge in [-0.1, -0.05) is 146 Å². The number of ether oxygens (including phenoxy) is 2. The van der Waals surface area contributed by atoms with E-state index in [9.17, 15) is 23.8 Å². The number of phosphoric acid groups is 1. The van der Waals surface area contributed by atoms with Gasteiger partial charge in [-0.2, -0.15) is 0 Å². The van der Waals surface area contributed by atoms with Crippen LogP contribution in [-0.2, 0) is 37.5 Å². The molecular formula is C49H87NO9P+. The molecule has 0 aromatic heterocycles. The van der Waals surface area contributed by atoms with Crippen molar-refractivity contribution in [3.05, 3.63) is 60.8 Å². The molecule has 0 saturated carbocycles. The van der Waals surface area contributed by atoms with Gasteiger partial charge in [-0.05, 0) is 76.7 Å². The van der Waals surface area contributed by atoms with E-state index in [0.29, 0.717) is 30.3 Å². The highest BCUT2D eigenvalue weighted by Gasteiger charge is 2.27. The Labute approximate surface area is 366 Å². The third-order valence-corrected chi connectivity index (χ3v) is 10.7. The molecule has 0 saturated heterocycles. The molecule has 0 rings (SSSR count). The van der Waals surface area contributed by atoms with E-state index in [1.165, 1.54) is 32.1 Å². The summed E-state index contributed by atoms with van der Waals surface area (Å²) in [6.45, 7) is 4.17. The monoisotopic (exact) mass is 865 g/mol. The Hall–Kier alpha value is -2.62. The van der Waals surface area contributed by atoms with E-state index < -0.39 is 32.5 Å². The van der Waals surface area contributed by atoms with Gasteiger partial charge in [-0.25, -0.2) is 4.57 Å². The van der Waals surface area contributed by atoms with Crippen molar-refractivity contribution >= 4 is 25.5 Å². The van der Waals surface area contributed by atoms with Crippen molar-refractivity contribution in [2.75, 3.05) is 47.5 Å². The Morgan fingerprint density at radius 3 is 1.63 bits per heavy atom. The van der Waals surface area contributed by atoms with Crippen LogP contribution in [0.4, 0.5) is 0 Å². The SMILES string of the molecule is CCCCCC/C=C\C/C=C\C/C=C\CCCCCCCCC(=O)O[C@H](COC(=O)CCCCCCC/C=C\C=C\C(=O)CCCCC)COP(=O)(O)OCC[N+](C)(C)C. The van der Waals surface area contributed by atoms with E-state index in [4.69, 9.17) is 18.5 Å². The molecule has 0 aliphatic carbocycles. The molecule has 0 heterocycles. The van der Waals surface area contributed by atoms with E-state index in [1.54, 1.807) is 6.08 Å². The number of carbonyl (C=O) groups is 3. The Kier molecular flexibility index (Phi) is 38.7. The van der Waals surface area contributed by atoms with Crippen molar-refractivity contribution in [1.29, 1.82) is 0 Å². The Morgan fingerprint density at radius 2 is 1.05 bits per heavy atom. The maximum atomic E-state index is 12.7. The number of unbranched alkanes of at least 4 members (excludes halogenated alkanes) is 17. The zero-order valence-corrected chi connectivity index (χ0v) is 39.6. The number of nitrogens with zero attached hydrogens (tertiary/aromatic N) is 1. The molecule has 0 aliphatic rings. The fraction of sp³-hybridized carbons (Fsp3) is 0.735. The largest absolute Gasteiger partial charge is 0.472 e. The summed E-state index contributed by atoms with van der Waals surface area (Å²) >= 11 is 0. The normalized spacial score (nSPS) is 14.0. The average molecular weight is 865 g/mol. The molecule has 1 N–H and O–H groups in total. The summed E-state index contributed by atoms with van der Waals surface area (Å²) < 4.78 is 34.3. The predicted molar refractivity (Wildman–Crippen MR) is 248 cm³/mol. The number of likely N-dealkylation sites (N-methyl/N-ethyl adjacent to an activating group) is 1. The maximum absolute atomic E-state index is 12.7. The smallest absolute Gasteiger partial charge is 0.462 e. The molecule has 0 aromatic carbocycles. The van der Waals surface area contributed by atoms with E-state index >= 15 is 0 Å². The zero-order valence-electron chi connectivity index (χ0n) is 38.7. The number of quaternary nitrogens is 1. The topological polar surface area (TPSA) is 125 Å². The van der Waals surface area contributed by atoms with Gasteiger partial charge in [0.05, 0.1) is 27.7 Å². The minimum absolute atomic E-state index is 0.0120. The summed E-state index contributed by atoms with van der Waals surface area (Å²) in [4.78, 5) is 47.2. The van der Waals surface area contributed by atoms with Gasteiger partial charge in [0.1, 0.15) is 19.8 Å². The highest BCUT2D eigenvalue weighted by molar-refractivity contribution is 7.47. The van der Waals surface area contributed by atoms with Crippen molar-refractivity contribution in [3.8, 4) is 0 Å². The highest BCUT2D eigenvalue weighted by atomic mass is 31.2. The molecule has 0 amide bonds. The van der Waals surface area contributed by atoms with E-state index in [1.807, 2.05) is 33.3 Å². The van der Waals surface area contributed by atoms with Gasteiger partial charge in [0, 0.05) is 19.3 Å². The Balaban J connectivity index is 4.41. The van der Waals surface area contributed by atoms with Crippen LogP contribution < -0.4 is 0 Å². The molecule has 11 heteroatoms. The predicted octanol–water partition coefficient (Wildman–Crippen LogP) is 12.8. The summed E-state index contributed by atoms with van der Waals surface area (Å²) in [6, 6.07) is 0. The zero-order chi connectivity index (χ0) is 44.4. The summed E-state index contributed by atoms with van der Waals surface area (Å²) in [6.07, 6.45) is 45.3. The fourth-order valence-electron chi connectivity index (χ4n) is 6.00. The van der Waals surface area contributed by atoms with Crippen LogP contribution >= 0.6 is 7.82 Å². The number of hydrogen-bond acceptors (Lipinski definition) is 8. The van der Waals surface area contributed by atoms with Gasteiger partial charge >= 0.3 is 19.8 Å².